The van der Waals surface area contributed by atoms with Crippen LogP contribution < -0.4 is 10.6 Å². The first-order chi connectivity index (χ1) is 13.3. The first kappa shape index (κ1) is 16.3. The van der Waals surface area contributed by atoms with Crippen molar-refractivity contribution in [3.05, 3.63) is 72.6 Å². The molecule has 132 valence electrons. The van der Waals surface area contributed by atoms with Gasteiger partial charge >= 0.3 is 0 Å². The SMILES string of the molecule is O=C(Nc1ccc(-c2nn[nH]n2)cc1)c1cccc(Nc2ncccn2)c1. The van der Waals surface area contributed by atoms with Crippen molar-refractivity contribution in [2.24, 2.45) is 0 Å². The van der Waals surface area contributed by atoms with Crippen molar-refractivity contribution in [2.75, 3.05) is 10.6 Å². The lowest BCUT2D eigenvalue weighted by molar-refractivity contribution is 0.102. The largest absolute Gasteiger partial charge is 0.324 e. The van der Waals surface area contributed by atoms with Gasteiger partial charge in [-0.3, -0.25) is 4.79 Å². The quantitative estimate of drug-likeness (QED) is 0.501. The summed E-state index contributed by atoms with van der Waals surface area (Å²) in [6, 6.07) is 16.0. The van der Waals surface area contributed by atoms with Gasteiger partial charge < -0.3 is 10.6 Å². The lowest BCUT2D eigenvalue weighted by atomic mass is 10.1. The molecule has 27 heavy (non-hydrogen) atoms. The molecule has 0 unspecified atom stereocenters. The van der Waals surface area contributed by atoms with E-state index in [1.807, 2.05) is 18.2 Å². The molecule has 0 bridgehead atoms. The molecule has 2 aromatic carbocycles. The van der Waals surface area contributed by atoms with Crippen LogP contribution in [0.25, 0.3) is 11.4 Å². The zero-order valence-electron chi connectivity index (χ0n) is 14.0. The van der Waals surface area contributed by atoms with Crippen LogP contribution in [-0.4, -0.2) is 36.5 Å². The second kappa shape index (κ2) is 7.40. The smallest absolute Gasteiger partial charge is 0.255 e. The van der Waals surface area contributed by atoms with E-state index < -0.39 is 0 Å². The summed E-state index contributed by atoms with van der Waals surface area (Å²) in [4.78, 5) is 20.7. The number of carbonyl (C=O) groups is 1. The maximum Gasteiger partial charge on any atom is 0.255 e. The highest BCUT2D eigenvalue weighted by Crippen LogP contribution is 2.19. The lowest BCUT2D eigenvalue weighted by Gasteiger charge is -2.08. The molecule has 9 nitrogen and oxygen atoms in total. The molecule has 0 atom stereocenters. The zero-order valence-corrected chi connectivity index (χ0v) is 14.0. The van der Waals surface area contributed by atoms with Crippen LogP contribution in [0.15, 0.2) is 67.0 Å². The van der Waals surface area contributed by atoms with Crippen LogP contribution in [0.2, 0.25) is 0 Å². The van der Waals surface area contributed by atoms with E-state index in [1.54, 1.807) is 48.8 Å². The summed E-state index contributed by atoms with van der Waals surface area (Å²) >= 11 is 0. The van der Waals surface area contributed by atoms with E-state index >= 15 is 0 Å². The minimum absolute atomic E-state index is 0.222. The highest BCUT2D eigenvalue weighted by molar-refractivity contribution is 6.04. The van der Waals surface area contributed by atoms with Gasteiger partial charge in [0.25, 0.3) is 5.91 Å². The number of carbonyl (C=O) groups excluding carboxylic acids is 1. The highest BCUT2D eigenvalue weighted by atomic mass is 16.1. The van der Waals surface area contributed by atoms with E-state index in [2.05, 4.69) is 41.2 Å². The van der Waals surface area contributed by atoms with Gasteiger partial charge in [0.1, 0.15) is 0 Å². The molecule has 0 fully saturated rings. The molecular formula is C18H14N8O. The Hall–Kier alpha value is -4.14. The molecule has 0 spiro atoms. The van der Waals surface area contributed by atoms with Gasteiger partial charge in [0.2, 0.25) is 11.8 Å². The van der Waals surface area contributed by atoms with Crippen LogP contribution >= 0.6 is 0 Å². The predicted molar refractivity (Wildman–Crippen MR) is 99.3 cm³/mol. The minimum atomic E-state index is -0.222. The van der Waals surface area contributed by atoms with E-state index in [4.69, 9.17) is 0 Å². The first-order valence-corrected chi connectivity index (χ1v) is 8.07. The molecule has 2 heterocycles. The predicted octanol–water partition coefficient (Wildman–Crippen LogP) is 2.65. The zero-order chi connectivity index (χ0) is 18.5. The van der Waals surface area contributed by atoms with Gasteiger partial charge in [-0.15, -0.1) is 10.2 Å². The standard InChI is InChI=1S/C18H14N8O/c27-17(21-14-7-5-12(6-8-14)16-23-25-26-24-16)13-3-1-4-15(11-13)22-18-19-9-2-10-20-18/h1-11H,(H,21,27)(H,19,20,22)(H,23,24,25,26). The molecule has 0 saturated carbocycles. The van der Waals surface area contributed by atoms with E-state index in [1.165, 1.54) is 0 Å². The van der Waals surface area contributed by atoms with Crippen molar-refractivity contribution < 1.29 is 4.79 Å². The molecule has 0 radical (unpaired) electrons. The third-order valence-electron chi connectivity index (χ3n) is 3.69. The minimum Gasteiger partial charge on any atom is -0.324 e. The number of hydrogen-bond donors (Lipinski definition) is 3. The number of benzene rings is 2. The van der Waals surface area contributed by atoms with Crippen molar-refractivity contribution in [1.29, 1.82) is 0 Å². The van der Waals surface area contributed by atoms with Gasteiger partial charge in [0.05, 0.1) is 0 Å². The van der Waals surface area contributed by atoms with E-state index in [0.29, 0.717) is 23.0 Å². The summed E-state index contributed by atoms with van der Waals surface area (Å²) in [5, 5.41) is 19.7. The van der Waals surface area contributed by atoms with Gasteiger partial charge in [0.15, 0.2) is 0 Å². The molecule has 1 amide bonds. The molecule has 3 N–H and O–H groups in total. The summed E-state index contributed by atoms with van der Waals surface area (Å²) in [5.41, 5.74) is 2.70. The Labute approximate surface area is 153 Å². The van der Waals surface area contributed by atoms with E-state index in [0.717, 1.165) is 11.3 Å². The van der Waals surface area contributed by atoms with E-state index in [-0.39, 0.29) is 5.91 Å². The molecule has 0 aliphatic heterocycles. The monoisotopic (exact) mass is 358 g/mol. The van der Waals surface area contributed by atoms with Crippen LogP contribution in [0.3, 0.4) is 0 Å². The number of nitrogens with zero attached hydrogens (tertiary/aromatic N) is 5. The fraction of sp³-hybridized carbons (Fsp3) is 0. The maximum atomic E-state index is 12.5. The van der Waals surface area contributed by atoms with Crippen LogP contribution in [0.5, 0.6) is 0 Å². The summed E-state index contributed by atoms with van der Waals surface area (Å²) < 4.78 is 0. The number of aromatic amines is 1. The maximum absolute atomic E-state index is 12.5. The third-order valence-corrected chi connectivity index (χ3v) is 3.69. The number of nitrogens with one attached hydrogen (secondary N) is 3. The average Bonchev–Trinajstić information content (AvgIpc) is 3.24. The summed E-state index contributed by atoms with van der Waals surface area (Å²) in [6.07, 6.45) is 3.29. The molecule has 0 saturated heterocycles. The van der Waals surface area contributed by atoms with Gasteiger partial charge in [-0.05, 0) is 53.7 Å². The molecule has 0 aliphatic rings. The first-order valence-electron chi connectivity index (χ1n) is 8.07. The number of hydrogen-bond acceptors (Lipinski definition) is 7. The second-order valence-electron chi connectivity index (χ2n) is 5.55. The number of amides is 1. The number of aromatic nitrogens is 6. The van der Waals surface area contributed by atoms with Crippen LogP contribution in [0.4, 0.5) is 17.3 Å². The summed E-state index contributed by atoms with van der Waals surface area (Å²) in [7, 11) is 0. The van der Waals surface area contributed by atoms with Crippen LogP contribution in [-0.2, 0) is 0 Å². The normalized spacial score (nSPS) is 10.4. The Balaban J connectivity index is 1.46. The number of tetrazole rings is 1. The van der Waals surface area contributed by atoms with E-state index in [9.17, 15) is 4.79 Å². The Morgan fingerprint density at radius 2 is 1.74 bits per heavy atom. The lowest BCUT2D eigenvalue weighted by Crippen LogP contribution is -2.12. The Morgan fingerprint density at radius 3 is 2.48 bits per heavy atom. The van der Waals surface area contributed by atoms with Gasteiger partial charge in [-0.1, -0.05) is 6.07 Å². The fourth-order valence-corrected chi connectivity index (χ4v) is 2.42. The molecule has 0 aliphatic carbocycles. The second-order valence-corrected chi connectivity index (χ2v) is 5.55. The molecule has 4 rings (SSSR count). The summed E-state index contributed by atoms with van der Waals surface area (Å²) in [6.45, 7) is 0. The Bertz CT molecular complexity index is 1030. The highest BCUT2D eigenvalue weighted by Gasteiger charge is 2.08. The number of H-pyrrole nitrogens is 1. The van der Waals surface area contributed by atoms with Crippen molar-refractivity contribution in [3.8, 4) is 11.4 Å². The van der Waals surface area contributed by atoms with Gasteiger partial charge in [-0.2, -0.15) is 5.21 Å². The Kier molecular flexibility index (Phi) is 4.48. The Morgan fingerprint density at radius 1 is 0.926 bits per heavy atom. The average molecular weight is 358 g/mol. The number of rotatable bonds is 5. The van der Waals surface area contributed by atoms with Crippen molar-refractivity contribution in [1.82, 2.24) is 30.6 Å². The molecule has 9 heteroatoms. The molecular weight excluding hydrogens is 344 g/mol. The topological polar surface area (TPSA) is 121 Å². The molecule has 4 aromatic rings. The fourth-order valence-electron chi connectivity index (χ4n) is 2.42. The van der Waals surface area contributed by atoms with Gasteiger partial charge in [-0.25, -0.2) is 9.97 Å². The van der Waals surface area contributed by atoms with Crippen molar-refractivity contribution >= 4 is 23.2 Å². The van der Waals surface area contributed by atoms with Crippen molar-refractivity contribution in [3.63, 3.8) is 0 Å². The third kappa shape index (κ3) is 3.93. The summed E-state index contributed by atoms with van der Waals surface area (Å²) in [5.74, 6) is 0.738. The molecule has 2 aromatic heterocycles. The van der Waals surface area contributed by atoms with Crippen LogP contribution in [0, 0.1) is 0 Å². The van der Waals surface area contributed by atoms with Crippen LogP contribution in [0.1, 0.15) is 10.4 Å². The number of anilines is 3. The van der Waals surface area contributed by atoms with Gasteiger partial charge in [0, 0.05) is 34.9 Å². The van der Waals surface area contributed by atoms with Crippen molar-refractivity contribution in [2.45, 2.75) is 0 Å².